The van der Waals surface area contributed by atoms with Gasteiger partial charge in [0, 0.05) is 37.6 Å². The van der Waals surface area contributed by atoms with Crippen LogP contribution in [0.1, 0.15) is 24.1 Å². The van der Waals surface area contributed by atoms with Crippen molar-refractivity contribution < 1.29 is 5.11 Å². The summed E-state index contributed by atoms with van der Waals surface area (Å²) in [5, 5.41) is 25.1. The highest BCUT2D eigenvalue weighted by Crippen LogP contribution is 2.24. The first-order valence-corrected chi connectivity index (χ1v) is 11.4. The number of piperazine rings is 1. The van der Waals surface area contributed by atoms with Gasteiger partial charge in [-0.2, -0.15) is 14.9 Å². The summed E-state index contributed by atoms with van der Waals surface area (Å²) in [5.74, 6) is 1.22. The third-order valence-electron chi connectivity index (χ3n) is 6.18. The number of imidazole rings is 1. The zero-order valence-electron chi connectivity index (χ0n) is 18.7. The van der Waals surface area contributed by atoms with E-state index in [1.54, 1.807) is 23.0 Å². The van der Waals surface area contributed by atoms with Crippen molar-refractivity contribution >= 4 is 23.4 Å². The van der Waals surface area contributed by atoms with Gasteiger partial charge in [0.15, 0.2) is 17.0 Å². The van der Waals surface area contributed by atoms with Crippen molar-refractivity contribution in [3.63, 3.8) is 0 Å². The Labute approximate surface area is 198 Å². The number of aromatic amines is 2. The lowest BCUT2D eigenvalue weighted by Gasteiger charge is -2.36. The van der Waals surface area contributed by atoms with Crippen LogP contribution in [0, 0.1) is 11.3 Å². The second kappa shape index (κ2) is 8.28. The molecule has 35 heavy (non-hydrogen) atoms. The quantitative estimate of drug-likeness (QED) is 0.366. The average molecular weight is 470 g/mol. The van der Waals surface area contributed by atoms with E-state index in [0.717, 1.165) is 31.7 Å². The van der Waals surface area contributed by atoms with Crippen molar-refractivity contribution in [3.8, 4) is 11.9 Å². The molecule has 12 nitrogen and oxygen atoms in total. The summed E-state index contributed by atoms with van der Waals surface area (Å²) in [6.07, 6.45) is 6.92. The van der Waals surface area contributed by atoms with E-state index in [1.165, 1.54) is 0 Å². The van der Waals surface area contributed by atoms with Crippen LogP contribution in [0.25, 0.3) is 11.7 Å². The fraction of sp³-hybridized carbons (Fsp3) is 0.304. The first-order valence-electron chi connectivity index (χ1n) is 11.4. The fourth-order valence-electron chi connectivity index (χ4n) is 4.25. The maximum atomic E-state index is 11.6. The van der Waals surface area contributed by atoms with Crippen molar-refractivity contribution in [2.24, 2.45) is 4.99 Å². The maximum absolute atomic E-state index is 11.6. The van der Waals surface area contributed by atoms with Crippen LogP contribution >= 0.6 is 0 Å². The van der Waals surface area contributed by atoms with Gasteiger partial charge in [-0.3, -0.25) is 9.98 Å². The van der Waals surface area contributed by atoms with Crippen molar-refractivity contribution in [3.05, 3.63) is 63.0 Å². The monoisotopic (exact) mass is 470 g/mol. The number of pyridine rings is 1. The molecular weight excluding hydrogens is 448 g/mol. The van der Waals surface area contributed by atoms with E-state index in [-0.39, 0.29) is 17.6 Å². The van der Waals surface area contributed by atoms with Gasteiger partial charge >= 0.3 is 5.69 Å². The van der Waals surface area contributed by atoms with Crippen LogP contribution in [0.15, 0.2) is 40.4 Å². The molecule has 2 aliphatic rings. The van der Waals surface area contributed by atoms with E-state index >= 15 is 0 Å². The van der Waals surface area contributed by atoms with Crippen molar-refractivity contribution in [2.75, 3.05) is 36.0 Å². The Bertz CT molecular complexity index is 1620. The Morgan fingerprint density at radius 2 is 1.97 bits per heavy atom. The highest BCUT2D eigenvalue weighted by Gasteiger charge is 2.26. The number of H-pyrrole nitrogens is 2. The molecular formula is C23H22N10O2. The molecule has 0 atom stereocenters. The van der Waals surface area contributed by atoms with Crippen LogP contribution in [0.3, 0.4) is 0 Å². The summed E-state index contributed by atoms with van der Waals surface area (Å²) in [5.41, 5.74) is 1.08. The van der Waals surface area contributed by atoms with Crippen molar-refractivity contribution in [1.29, 1.82) is 5.26 Å². The molecule has 0 bridgehead atoms. The van der Waals surface area contributed by atoms with E-state index in [0.29, 0.717) is 40.8 Å². The van der Waals surface area contributed by atoms with Gasteiger partial charge in [-0.15, -0.1) is 0 Å². The summed E-state index contributed by atoms with van der Waals surface area (Å²) in [7, 11) is 0. The Morgan fingerprint density at radius 1 is 1.17 bits per heavy atom. The first kappa shape index (κ1) is 20.9. The van der Waals surface area contributed by atoms with E-state index in [9.17, 15) is 15.2 Å². The third-order valence-corrected chi connectivity index (χ3v) is 6.18. The lowest BCUT2D eigenvalue weighted by molar-refractivity contribution is 0.454. The van der Waals surface area contributed by atoms with Gasteiger partial charge in [0.25, 0.3) is 0 Å². The van der Waals surface area contributed by atoms with Crippen LogP contribution < -0.4 is 26.2 Å². The predicted molar refractivity (Wildman–Crippen MR) is 127 cm³/mol. The number of anilines is 2. The molecule has 0 spiro atoms. The van der Waals surface area contributed by atoms with Gasteiger partial charge in [0.1, 0.15) is 23.1 Å². The van der Waals surface area contributed by atoms with Crippen molar-refractivity contribution in [1.82, 2.24) is 29.5 Å². The van der Waals surface area contributed by atoms with E-state index in [1.807, 2.05) is 18.2 Å². The molecule has 4 aromatic rings. The molecule has 2 fully saturated rings. The number of nitrogens with one attached hydrogen (secondary N) is 2. The third kappa shape index (κ3) is 3.86. The normalized spacial score (nSPS) is 17.3. The van der Waals surface area contributed by atoms with Crippen LogP contribution in [0.4, 0.5) is 11.6 Å². The molecule has 4 aromatic heterocycles. The van der Waals surface area contributed by atoms with Crippen LogP contribution in [-0.4, -0.2) is 66.9 Å². The highest BCUT2D eigenvalue weighted by atomic mass is 16.3. The van der Waals surface area contributed by atoms with Crippen LogP contribution in [0.2, 0.25) is 0 Å². The summed E-state index contributed by atoms with van der Waals surface area (Å²) in [6, 6.07) is 8.34. The molecule has 1 aliphatic carbocycles. The van der Waals surface area contributed by atoms with Gasteiger partial charge in [0.2, 0.25) is 5.88 Å². The number of hydrogen-bond acceptors (Lipinski definition) is 9. The second-order valence-corrected chi connectivity index (χ2v) is 8.59. The molecule has 6 rings (SSSR count). The number of fused-ring (bicyclic) bond motifs is 1. The predicted octanol–water partition coefficient (Wildman–Crippen LogP) is -0.345. The molecule has 176 valence electrons. The molecule has 0 aromatic carbocycles. The van der Waals surface area contributed by atoms with Crippen LogP contribution in [-0.2, 0) is 0 Å². The van der Waals surface area contributed by atoms with Crippen LogP contribution in [0.5, 0.6) is 5.88 Å². The number of nitriles is 1. The number of aromatic hydroxyl groups is 1. The molecule has 0 amide bonds. The summed E-state index contributed by atoms with van der Waals surface area (Å²) < 4.78 is 1.57. The zero-order chi connectivity index (χ0) is 23.9. The molecule has 0 unspecified atom stereocenters. The van der Waals surface area contributed by atoms with Crippen molar-refractivity contribution in [2.45, 2.75) is 18.9 Å². The van der Waals surface area contributed by atoms with Gasteiger partial charge in [-0.25, -0.2) is 14.8 Å². The zero-order valence-corrected chi connectivity index (χ0v) is 18.7. The molecule has 3 N–H and O–H groups in total. The highest BCUT2D eigenvalue weighted by molar-refractivity contribution is 5.62. The maximum Gasteiger partial charge on any atom is 0.326 e. The largest absolute Gasteiger partial charge is 0.493 e. The number of nitrogens with zero attached hydrogens (tertiary/aromatic N) is 8. The number of hydrogen-bond donors (Lipinski definition) is 3. The summed E-state index contributed by atoms with van der Waals surface area (Å²) >= 11 is 0. The number of rotatable bonds is 4. The summed E-state index contributed by atoms with van der Waals surface area (Å²) in [4.78, 5) is 34.8. The molecule has 1 saturated heterocycles. The van der Waals surface area contributed by atoms with Gasteiger partial charge in [-0.1, -0.05) is 6.07 Å². The lowest BCUT2D eigenvalue weighted by atomic mass is 10.2. The minimum absolute atomic E-state index is 0.170. The van der Waals surface area contributed by atoms with E-state index < -0.39 is 5.69 Å². The lowest BCUT2D eigenvalue weighted by Crippen LogP contribution is -2.48. The molecule has 1 aliphatic heterocycles. The summed E-state index contributed by atoms with van der Waals surface area (Å²) in [6.45, 7) is 2.80. The Balaban J connectivity index is 1.46. The SMILES string of the molecule is N#Cc1c(N2CCN(c3ccccn3)CC2)nc2/c(=C/c3[nH]c(=O)[nH]c3O)cnn2c1=NC1CC1. The van der Waals surface area contributed by atoms with Gasteiger partial charge < -0.3 is 19.9 Å². The molecule has 1 saturated carbocycles. The Kier molecular flexibility index (Phi) is 4.95. The van der Waals surface area contributed by atoms with E-state index in [2.05, 4.69) is 35.9 Å². The minimum atomic E-state index is -0.513. The Morgan fingerprint density at radius 3 is 2.63 bits per heavy atom. The van der Waals surface area contributed by atoms with Gasteiger partial charge in [0.05, 0.1) is 12.2 Å². The first-order chi connectivity index (χ1) is 17.1. The number of aromatic nitrogens is 6. The molecule has 5 heterocycles. The standard InChI is InChI=1S/C23H22N10O2/c24-12-16-20(32-9-7-31(8-10-32)18-3-1-2-6-25-18)29-19-14(11-17-22(34)30-23(35)28-17)13-26-33(19)21(16)27-15-4-5-15/h1-3,6,11,13,15,34H,4-5,7-10H2,(H2,28,30,35)/b14-11+,27-21?. The Hall–Kier alpha value is -4.66. The second-order valence-electron chi connectivity index (χ2n) is 8.59. The smallest absolute Gasteiger partial charge is 0.326 e. The average Bonchev–Trinajstić information content (AvgIpc) is 3.53. The van der Waals surface area contributed by atoms with E-state index in [4.69, 9.17) is 9.98 Å². The van der Waals surface area contributed by atoms with Gasteiger partial charge in [-0.05, 0) is 31.1 Å². The molecule has 0 radical (unpaired) electrons. The minimum Gasteiger partial charge on any atom is -0.493 e. The molecule has 12 heteroatoms. The topological polar surface area (TPSA) is 155 Å². The fourth-order valence-corrected chi connectivity index (χ4v) is 4.25.